The minimum Gasteiger partial charge on any atom is -0.321 e. The Kier molecular flexibility index (Phi) is 5.07. The largest absolute Gasteiger partial charge is 0.321 e. The van der Waals surface area contributed by atoms with Crippen molar-refractivity contribution in [2.75, 3.05) is 5.32 Å². The van der Waals surface area contributed by atoms with Crippen LogP contribution in [0.2, 0.25) is 0 Å². The second-order valence-electron chi connectivity index (χ2n) is 6.46. The van der Waals surface area contributed by atoms with E-state index < -0.39 is 0 Å². The first-order chi connectivity index (χ1) is 14.7. The fraction of sp³-hybridized carbons (Fsp3) is 0.0476. The van der Waals surface area contributed by atoms with E-state index in [0.717, 1.165) is 35.8 Å². The van der Waals surface area contributed by atoms with Gasteiger partial charge < -0.3 is 9.88 Å². The lowest BCUT2D eigenvalue weighted by atomic mass is 10.3. The van der Waals surface area contributed by atoms with Gasteiger partial charge in [-0.05, 0) is 60.3 Å². The quantitative estimate of drug-likeness (QED) is 0.380. The van der Waals surface area contributed by atoms with Crippen LogP contribution in [-0.2, 0) is 7.05 Å². The van der Waals surface area contributed by atoms with Gasteiger partial charge in [-0.25, -0.2) is 4.98 Å². The number of para-hydroxylation sites is 1. The van der Waals surface area contributed by atoms with Gasteiger partial charge >= 0.3 is 0 Å². The second kappa shape index (κ2) is 8.02. The van der Waals surface area contributed by atoms with E-state index >= 15 is 0 Å². The lowest BCUT2D eigenvalue weighted by molar-refractivity contribution is 0.103. The zero-order chi connectivity index (χ0) is 20.5. The third-order valence-corrected chi connectivity index (χ3v) is 7.68. The number of fused-ring (bicyclic) bond motifs is 1. The summed E-state index contributed by atoms with van der Waals surface area (Å²) in [4.78, 5) is 20.0. The third kappa shape index (κ3) is 3.87. The molecule has 0 bridgehead atoms. The molecule has 1 N–H and O–H groups in total. The molecule has 0 aliphatic rings. The number of nitrogens with zero attached hydrogens (tertiary/aromatic N) is 4. The van der Waals surface area contributed by atoms with Gasteiger partial charge in [-0.1, -0.05) is 12.1 Å². The van der Waals surface area contributed by atoms with Crippen LogP contribution in [0.5, 0.6) is 0 Å². The first-order valence-electron chi connectivity index (χ1n) is 9.05. The third-order valence-electron chi connectivity index (χ3n) is 4.33. The minimum absolute atomic E-state index is 0.124. The lowest BCUT2D eigenvalue weighted by Crippen LogP contribution is -2.09. The number of carbonyl (C=O) groups is 1. The van der Waals surface area contributed by atoms with Crippen LogP contribution in [0.25, 0.3) is 20.1 Å². The van der Waals surface area contributed by atoms with Gasteiger partial charge in [-0.15, -0.1) is 32.9 Å². The molecule has 0 atom stereocenters. The van der Waals surface area contributed by atoms with Crippen LogP contribution in [0.3, 0.4) is 0 Å². The molecule has 0 radical (unpaired) electrons. The van der Waals surface area contributed by atoms with Gasteiger partial charge in [0, 0.05) is 17.6 Å². The number of benzene rings is 2. The SMILES string of the molecule is Cn1cnnc1Sc1ccc(NC(=O)c2ccc(-c3nc4ccccc4s3)s2)cc1. The van der Waals surface area contributed by atoms with Gasteiger partial charge in [-0.2, -0.15) is 0 Å². The van der Waals surface area contributed by atoms with E-state index in [9.17, 15) is 4.79 Å². The summed E-state index contributed by atoms with van der Waals surface area (Å²) in [6.45, 7) is 0. The molecule has 0 aliphatic heterocycles. The van der Waals surface area contributed by atoms with Crippen molar-refractivity contribution in [2.45, 2.75) is 10.1 Å². The average Bonchev–Trinajstić information content (AvgIpc) is 3.49. The molecule has 3 heterocycles. The van der Waals surface area contributed by atoms with Crippen LogP contribution in [0.15, 0.2) is 77.0 Å². The number of amides is 1. The number of anilines is 1. The van der Waals surface area contributed by atoms with Crippen LogP contribution >= 0.6 is 34.4 Å². The van der Waals surface area contributed by atoms with Crippen LogP contribution in [0.4, 0.5) is 5.69 Å². The van der Waals surface area contributed by atoms with Crippen molar-refractivity contribution in [3.05, 3.63) is 71.9 Å². The molecule has 1 amide bonds. The zero-order valence-corrected chi connectivity index (χ0v) is 18.2. The zero-order valence-electron chi connectivity index (χ0n) is 15.8. The Morgan fingerprint density at radius 2 is 1.87 bits per heavy atom. The normalized spacial score (nSPS) is 11.1. The Morgan fingerprint density at radius 1 is 1.03 bits per heavy atom. The summed E-state index contributed by atoms with van der Waals surface area (Å²) in [5, 5.41) is 12.7. The summed E-state index contributed by atoms with van der Waals surface area (Å²) in [5.74, 6) is -0.124. The number of rotatable bonds is 5. The maximum Gasteiger partial charge on any atom is 0.265 e. The van der Waals surface area contributed by atoms with E-state index in [4.69, 9.17) is 0 Å². The monoisotopic (exact) mass is 449 g/mol. The smallest absolute Gasteiger partial charge is 0.265 e. The fourth-order valence-corrected chi connectivity index (χ4v) is 5.51. The second-order valence-corrected chi connectivity index (χ2v) is 9.61. The fourth-order valence-electron chi connectivity index (χ4n) is 2.82. The highest BCUT2D eigenvalue weighted by atomic mass is 32.2. The van der Waals surface area contributed by atoms with Crippen molar-refractivity contribution < 1.29 is 4.79 Å². The van der Waals surface area contributed by atoms with E-state index in [1.54, 1.807) is 17.7 Å². The number of hydrogen-bond acceptors (Lipinski definition) is 7. The predicted molar refractivity (Wildman–Crippen MR) is 122 cm³/mol. The molecule has 6 nitrogen and oxygen atoms in total. The standard InChI is InChI=1S/C21H15N5OS3/c1-26-12-22-25-21(26)28-14-8-6-13(7-9-14)23-19(27)17-10-11-18(29-17)20-24-15-4-2-3-5-16(15)30-20/h2-12H,1H3,(H,23,27). The highest BCUT2D eigenvalue weighted by molar-refractivity contribution is 7.99. The van der Waals surface area contributed by atoms with Crippen LogP contribution in [0, 0.1) is 0 Å². The molecular weight excluding hydrogens is 434 g/mol. The number of thiophene rings is 1. The molecule has 0 saturated carbocycles. The maximum absolute atomic E-state index is 12.7. The predicted octanol–water partition coefficient (Wildman–Crippen LogP) is 5.56. The van der Waals surface area contributed by atoms with Crippen molar-refractivity contribution in [3.8, 4) is 9.88 Å². The first-order valence-corrected chi connectivity index (χ1v) is 11.5. The van der Waals surface area contributed by atoms with E-state index in [1.807, 2.05) is 66.2 Å². The Hall–Kier alpha value is -3.01. The van der Waals surface area contributed by atoms with Crippen molar-refractivity contribution in [3.63, 3.8) is 0 Å². The van der Waals surface area contributed by atoms with Gasteiger partial charge in [-0.3, -0.25) is 4.79 Å². The van der Waals surface area contributed by atoms with E-state index in [2.05, 4.69) is 26.6 Å². The van der Waals surface area contributed by atoms with E-state index in [0.29, 0.717) is 4.88 Å². The molecule has 0 spiro atoms. The van der Waals surface area contributed by atoms with Crippen molar-refractivity contribution in [1.82, 2.24) is 19.7 Å². The van der Waals surface area contributed by atoms with Gasteiger partial charge in [0.1, 0.15) is 11.3 Å². The number of hydrogen-bond donors (Lipinski definition) is 1. The van der Waals surface area contributed by atoms with Gasteiger partial charge in [0.15, 0.2) is 5.16 Å². The number of aryl methyl sites for hydroxylation is 1. The molecule has 2 aromatic carbocycles. The number of nitrogens with one attached hydrogen (secondary N) is 1. The molecule has 0 unspecified atom stereocenters. The van der Waals surface area contributed by atoms with E-state index in [1.165, 1.54) is 23.1 Å². The lowest BCUT2D eigenvalue weighted by Gasteiger charge is -2.05. The molecule has 3 aromatic heterocycles. The topological polar surface area (TPSA) is 72.7 Å². The van der Waals surface area contributed by atoms with Gasteiger partial charge in [0.25, 0.3) is 5.91 Å². The molecule has 0 aliphatic carbocycles. The molecule has 30 heavy (non-hydrogen) atoms. The molecular formula is C21H15N5OS3. The molecule has 0 fully saturated rings. The Balaban J connectivity index is 1.28. The average molecular weight is 450 g/mol. The highest BCUT2D eigenvalue weighted by Gasteiger charge is 2.13. The van der Waals surface area contributed by atoms with Crippen LogP contribution in [-0.4, -0.2) is 25.7 Å². The summed E-state index contributed by atoms with van der Waals surface area (Å²) < 4.78 is 3.01. The van der Waals surface area contributed by atoms with Crippen molar-refractivity contribution >= 4 is 56.2 Å². The first kappa shape index (κ1) is 19.0. The summed E-state index contributed by atoms with van der Waals surface area (Å²) in [7, 11) is 1.90. The molecule has 9 heteroatoms. The number of aromatic nitrogens is 4. The number of thiazole rings is 1. The highest BCUT2D eigenvalue weighted by Crippen LogP contribution is 2.34. The number of carbonyl (C=O) groups excluding carboxylic acids is 1. The molecule has 0 saturated heterocycles. The summed E-state index contributed by atoms with van der Waals surface area (Å²) in [6, 6.07) is 19.5. The van der Waals surface area contributed by atoms with Gasteiger partial charge in [0.2, 0.25) is 0 Å². The van der Waals surface area contributed by atoms with Crippen LogP contribution in [0.1, 0.15) is 9.67 Å². The molecule has 148 valence electrons. The van der Waals surface area contributed by atoms with Crippen molar-refractivity contribution in [1.29, 1.82) is 0 Å². The molecule has 5 aromatic rings. The summed E-state index contributed by atoms with van der Waals surface area (Å²) >= 11 is 4.61. The molecule has 5 rings (SSSR count). The minimum atomic E-state index is -0.124. The van der Waals surface area contributed by atoms with Gasteiger partial charge in [0.05, 0.1) is 20.0 Å². The Bertz CT molecular complexity index is 1300. The Morgan fingerprint density at radius 3 is 2.63 bits per heavy atom. The van der Waals surface area contributed by atoms with Crippen molar-refractivity contribution in [2.24, 2.45) is 7.05 Å². The summed E-state index contributed by atoms with van der Waals surface area (Å²) in [5.41, 5.74) is 1.73. The van der Waals surface area contributed by atoms with E-state index in [-0.39, 0.29) is 5.91 Å². The summed E-state index contributed by atoms with van der Waals surface area (Å²) in [6.07, 6.45) is 1.67. The van der Waals surface area contributed by atoms with Crippen LogP contribution < -0.4 is 5.32 Å². The Labute approximate surface area is 184 Å². The maximum atomic E-state index is 12.7.